The molecule has 1 heteroatoms. The van der Waals surface area contributed by atoms with Gasteiger partial charge >= 0.3 is 0 Å². The fourth-order valence-electron chi connectivity index (χ4n) is 2.83. The van der Waals surface area contributed by atoms with Gasteiger partial charge in [0.2, 0.25) is 0 Å². The maximum atomic E-state index is 2.53. The number of nitrogens with zero attached hydrogens (tertiary/aromatic N) is 1. The lowest BCUT2D eigenvalue weighted by Crippen LogP contribution is -2.29. The van der Waals surface area contributed by atoms with Gasteiger partial charge in [0.25, 0.3) is 0 Å². The molecule has 3 rings (SSSR count). The molecule has 15 heavy (non-hydrogen) atoms. The highest BCUT2D eigenvalue weighted by atomic mass is 15.1. The van der Waals surface area contributed by atoms with E-state index in [1.54, 1.807) is 11.1 Å². The Morgan fingerprint density at radius 3 is 2.93 bits per heavy atom. The summed E-state index contributed by atoms with van der Waals surface area (Å²) in [6.45, 7) is 4.66. The lowest BCUT2D eigenvalue weighted by atomic mass is 9.94. The van der Waals surface area contributed by atoms with Crippen LogP contribution in [0.1, 0.15) is 43.2 Å². The summed E-state index contributed by atoms with van der Waals surface area (Å²) >= 11 is 0. The molecule has 1 aliphatic heterocycles. The standard InChI is InChI=1S/C14H19N/c1-2-15-10-4-6-13-12(11-8-9-11)5-3-7-14(13)15/h3,5,7,11H,2,4,6,8-10H2,1H3. The summed E-state index contributed by atoms with van der Waals surface area (Å²) < 4.78 is 0. The van der Waals surface area contributed by atoms with Crippen LogP contribution in [-0.2, 0) is 6.42 Å². The van der Waals surface area contributed by atoms with Crippen molar-refractivity contribution in [2.45, 2.75) is 38.5 Å². The van der Waals surface area contributed by atoms with E-state index in [1.807, 2.05) is 0 Å². The molecule has 0 saturated heterocycles. The maximum absolute atomic E-state index is 2.53. The monoisotopic (exact) mass is 201 g/mol. The molecular formula is C14H19N. The van der Waals surface area contributed by atoms with Crippen LogP contribution >= 0.6 is 0 Å². The van der Waals surface area contributed by atoms with Gasteiger partial charge in [-0.25, -0.2) is 0 Å². The average molecular weight is 201 g/mol. The second kappa shape index (κ2) is 3.55. The van der Waals surface area contributed by atoms with Crippen LogP contribution in [0.4, 0.5) is 5.69 Å². The van der Waals surface area contributed by atoms with Crippen molar-refractivity contribution in [3.63, 3.8) is 0 Å². The van der Waals surface area contributed by atoms with Gasteiger partial charge in [0, 0.05) is 18.8 Å². The second-order valence-electron chi connectivity index (χ2n) is 4.80. The summed E-state index contributed by atoms with van der Waals surface area (Å²) in [4.78, 5) is 2.53. The highest BCUT2D eigenvalue weighted by Gasteiger charge is 2.28. The molecule has 1 nitrogen and oxygen atoms in total. The van der Waals surface area contributed by atoms with Gasteiger partial charge < -0.3 is 4.90 Å². The first-order valence-electron chi connectivity index (χ1n) is 6.27. The number of hydrogen-bond acceptors (Lipinski definition) is 1. The third kappa shape index (κ3) is 1.54. The van der Waals surface area contributed by atoms with Crippen LogP contribution in [0.3, 0.4) is 0 Å². The number of rotatable bonds is 2. The zero-order valence-electron chi connectivity index (χ0n) is 9.50. The lowest BCUT2D eigenvalue weighted by Gasteiger charge is -2.31. The quantitative estimate of drug-likeness (QED) is 0.709. The summed E-state index contributed by atoms with van der Waals surface area (Å²) in [5.41, 5.74) is 4.84. The Kier molecular flexibility index (Phi) is 2.19. The number of fused-ring (bicyclic) bond motifs is 1. The number of benzene rings is 1. The van der Waals surface area contributed by atoms with E-state index in [9.17, 15) is 0 Å². The van der Waals surface area contributed by atoms with Gasteiger partial charge in [-0.2, -0.15) is 0 Å². The Hall–Kier alpha value is -0.980. The van der Waals surface area contributed by atoms with E-state index < -0.39 is 0 Å². The molecule has 1 aromatic carbocycles. The highest BCUT2D eigenvalue weighted by Crippen LogP contribution is 2.44. The minimum absolute atomic E-state index is 0.900. The molecule has 80 valence electrons. The van der Waals surface area contributed by atoms with Gasteiger partial charge in [-0.1, -0.05) is 12.1 Å². The largest absolute Gasteiger partial charge is 0.372 e. The molecule has 2 aliphatic rings. The summed E-state index contributed by atoms with van der Waals surface area (Å²) in [5, 5.41) is 0. The number of anilines is 1. The summed E-state index contributed by atoms with van der Waals surface area (Å²) in [6.07, 6.45) is 5.48. The van der Waals surface area contributed by atoms with E-state index in [2.05, 4.69) is 30.0 Å². The van der Waals surface area contributed by atoms with Crippen molar-refractivity contribution in [1.29, 1.82) is 0 Å². The van der Waals surface area contributed by atoms with Crippen LogP contribution in [0, 0.1) is 0 Å². The minimum atomic E-state index is 0.900. The fourth-order valence-corrected chi connectivity index (χ4v) is 2.83. The molecule has 0 radical (unpaired) electrons. The summed E-state index contributed by atoms with van der Waals surface area (Å²) in [5.74, 6) is 0.900. The Labute approximate surface area is 92.1 Å². The van der Waals surface area contributed by atoms with Crippen molar-refractivity contribution in [2.24, 2.45) is 0 Å². The molecule has 0 amide bonds. The molecule has 0 spiro atoms. The van der Waals surface area contributed by atoms with Crippen molar-refractivity contribution >= 4 is 5.69 Å². The van der Waals surface area contributed by atoms with Crippen molar-refractivity contribution in [2.75, 3.05) is 18.0 Å². The van der Waals surface area contributed by atoms with Gasteiger partial charge in [0.1, 0.15) is 0 Å². The van der Waals surface area contributed by atoms with Gasteiger partial charge in [-0.15, -0.1) is 0 Å². The average Bonchev–Trinajstić information content (AvgIpc) is 3.11. The van der Waals surface area contributed by atoms with Crippen LogP contribution < -0.4 is 4.90 Å². The van der Waals surface area contributed by atoms with E-state index in [-0.39, 0.29) is 0 Å². The zero-order chi connectivity index (χ0) is 10.3. The first-order chi connectivity index (χ1) is 7.40. The predicted molar refractivity (Wildman–Crippen MR) is 64.6 cm³/mol. The lowest BCUT2D eigenvalue weighted by molar-refractivity contribution is 0.701. The topological polar surface area (TPSA) is 3.24 Å². The molecular weight excluding hydrogens is 182 g/mol. The van der Waals surface area contributed by atoms with E-state index >= 15 is 0 Å². The fraction of sp³-hybridized carbons (Fsp3) is 0.571. The normalized spacial score (nSPS) is 20.2. The van der Waals surface area contributed by atoms with E-state index in [1.165, 1.54) is 37.9 Å². The van der Waals surface area contributed by atoms with E-state index in [0.717, 1.165) is 12.5 Å². The third-order valence-electron chi connectivity index (χ3n) is 3.78. The summed E-state index contributed by atoms with van der Waals surface area (Å²) in [7, 11) is 0. The van der Waals surface area contributed by atoms with Gasteiger partial charge in [0.15, 0.2) is 0 Å². The zero-order valence-corrected chi connectivity index (χ0v) is 9.50. The van der Waals surface area contributed by atoms with Crippen molar-refractivity contribution in [3.8, 4) is 0 Å². The Morgan fingerprint density at radius 2 is 2.20 bits per heavy atom. The third-order valence-corrected chi connectivity index (χ3v) is 3.78. The molecule has 1 fully saturated rings. The Morgan fingerprint density at radius 1 is 1.33 bits per heavy atom. The Balaban J connectivity index is 2.05. The molecule has 1 heterocycles. The van der Waals surface area contributed by atoms with Crippen molar-refractivity contribution < 1.29 is 0 Å². The van der Waals surface area contributed by atoms with Crippen LogP contribution in [0.2, 0.25) is 0 Å². The van der Waals surface area contributed by atoms with E-state index in [4.69, 9.17) is 0 Å². The highest BCUT2D eigenvalue weighted by molar-refractivity contribution is 5.59. The number of hydrogen-bond donors (Lipinski definition) is 0. The van der Waals surface area contributed by atoms with Gasteiger partial charge in [-0.05, 0) is 55.7 Å². The second-order valence-corrected chi connectivity index (χ2v) is 4.80. The maximum Gasteiger partial charge on any atom is 0.0401 e. The molecule has 0 N–H and O–H groups in total. The molecule has 1 aromatic rings. The van der Waals surface area contributed by atoms with E-state index in [0.29, 0.717) is 0 Å². The molecule has 0 unspecified atom stereocenters. The van der Waals surface area contributed by atoms with Gasteiger partial charge in [0.05, 0.1) is 0 Å². The first-order valence-corrected chi connectivity index (χ1v) is 6.27. The van der Waals surface area contributed by atoms with Crippen molar-refractivity contribution in [3.05, 3.63) is 29.3 Å². The van der Waals surface area contributed by atoms with Crippen LogP contribution in [0.25, 0.3) is 0 Å². The van der Waals surface area contributed by atoms with Gasteiger partial charge in [-0.3, -0.25) is 0 Å². The predicted octanol–water partition coefficient (Wildman–Crippen LogP) is 3.34. The Bertz CT molecular complexity index is 366. The van der Waals surface area contributed by atoms with Crippen LogP contribution in [0.5, 0.6) is 0 Å². The first kappa shape index (κ1) is 9.26. The molecule has 0 bridgehead atoms. The van der Waals surface area contributed by atoms with Crippen molar-refractivity contribution in [1.82, 2.24) is 0 Å². The SMILES string of the molecule is CCN1CCCc2c(C3CC3)cccc21. The molecule has 0 atom stereocenters. The minimum Gasteiger partial charge on any atom is -0.372 e. The molecule has 0 aromatic heterocycles. The molecule has 1 saturated carbocycles. The molecule has 1 aliphatic carbocycles. The smallest absolute Gasteiger partial charge is 0.0401 e. The van der Waals surface area contributed by atoms with Crippen LogP contribution in [-0.4, -0.2) is 13.1 Å². The summed E-state index contributed by atoms with van der Waals surface area (Å²) in [6, 6.07) is 6.92. The van der Waals surface area contributed by atoms with Crippen LogP contribution in [0.15, 0.2) is 18.2 Å².